The Bertz CT molecular complexity index is 690. The van der Waals surface area contributed by atoms with Crippen LogP contribution >= 0.6 is 0 Å². The number of carbonyl (C=O) groups excluding carboxylic acids is 1. The van der Waals surface area contributed by atoms with Crippen molar-refractivity contribution in [2.24, 2.45) is 11.7 Å². The van der Waals surface area contributed by atoms with Gasteiger partial charge in [0.1, 0.15) is 0 Å². The van der Waals surface area contributed by atoms with Gasteiger partial charge >= 0.3 is 12.1 Å². The molecule has 1 aromatic rings. The Morgan fingerprint density at radius 2 is 1.96 bits per heavy atom. The summed E-state index contributed by atoms with van der Waals surface area (Å²) < 4.78 is 33.3. The number of nitrogens with zero attached hydrogens (tertiary/aromatic N) is 2. The molecule has 7 nitrogen and oxygen atoms in total. The Morgan fingerprint density at radius 3 is 2.48 bits per heavy atom. The van der Waals surface area contributed by atoms with Crippen LogP contribution in [-0.4, -0.2) is 51.8 Å². The molecule has 0 radical (unpaired) electrons. The van der Waals surface area contributed by atoms with E-state index in [1.165, 1.54) is 6.07 Å². The van der Waals surface area contributed by atoms with Gasteiger partial charge in [0.15, 0.2) is 0 Å². The molecule has 2 heterocycles. The first-order chi connectivity index (χ1) is 12.6. The highest BCUT2D eigenvalue weighted by atomic mass is 19.4. The Kier molecular flexibility index (Phi) is 8.48. The third kappa shape index (κ3) is 7.05. The Hall–Kier alpha value is -2.36. The molecule has 1 aromatic heterocycles. The summed E-state index contributed by atoms with van der Waals surface area (Å²) in [5.41, 5.74) is 5.74. The van der Waals surface area contributed by atoms with Gasteiger partial charge in [-0.1, -0.05) is 13.0 Å². The molecule has 2 rings (SSSR count). The van der Waals surface area contributed by atoms with Crippen LogP contribution in [0.3, 0.4) is 0 Å². The average molecular weight is 391 g/mol. The van der Waals surface area contributed by atoms with Crippen molar-refractivity contribution in [2.45, 2.75) is 44.9 Å². The summed E-state index contributed by atoms with van der Waals surface area (Å²) in [7, 11) is 0. The third-order valence-corrected chi connectivity index (χ3v) is 4.39. The van der Waals surface area contributed by atoms with E-state index in [4.69, 9.17) is 15.6 Å². The van der Waals surface area contributed by atoms with Gasteiger partial charge in [-0.3, -0.25) is 9.59 Å². The molecule has 2 atom stereocenters. The Labute approximate surface area is 154 Å². The zero-order valence-corrected chi connectivity index (χ0v) is 15.0. The fourth-order valence-electron chi connectivity index (χ4n) is 2.92. The topological polar surface area (TPSA) is 106 Å². The van der Waals surface area contributed by atoms with E-state index in [2.05, 4.69) is 6.92 Å². The molecule has 27 heavy (non-hydrogen) atoms. The second-order valence-electron chi connectivity index (χ2n) is 6.29. The summed E-state index contributed by atoms with van der Waals surface area (Å²) in [6.07, 6.45) is -0.847. The summed E-state index contributed by atoms with van der Waals surface area (Å²) in [5, 5.41) is 7.12. The van der Waals surface area contributed by atoms with Gasteiger partial charge in [0.25, 0.3) is 5.56 Å². The van der Waals surface area contributed by atoms with Crippen molar-refractivity contribution < 1.29 is 27.9 Å². The van der Waals surface area contributed by atoms with Crippen molar-refractivity contribution in [1.82, 2.24) is 9.47 Å². The molecule has 0 aliphatic carbocycles. The number of hydrogen-bond donors (Lipinski definition) is 2. The van der Waals surface area contributed by atoms with Crippen molar-refractivity contribution in [1.29, 1.82) is 0 Å². The number of rotatable bonds is 4. The molecule has 1 amide bonds. The molecular weight excluding hydrogens is 367 g/mol. The minimum atomic E-state index is -5.08. The second kappa shape index (κ2) is 10.1. The van der Waals surface area contributed by atoms with E-state index < -0.39 is 12.1 Å². The molecule has 0 bridgehead atoms. The first-order valence-corrected chi connectivity index (χ1v) is 8.53. The molecule has 0 saturated carbocycles. The van der Waals surface area contributed by atoms with E-state index >= 15 is 0 Å². The lowest BCUT2D eigenvalue weighted by molar-refractivity contribution is -0.192. The third-order valence-electron chi connectivity index (χ3n) is 4.39. The standard InChI is InChI=1S/C15H23N3O2.C2HF3O2/c1-12-5-4-9-18(13(12)11-16)15(20)7-10-17-8-3-2-6-14(17)19;3-2(4,5)1(6)7/h2-3,6,8,12-13H,4-5,7,9-11,16H2,1H3;(H,6,7). The number of amides is 1. The highest BCUT2D eigenvalue weighted by molar-refractivity contribution is 5.76. The first kappa shape index (κ1) is 22.7. The van der Waals surface area contributed by atoms with Crippen molar-refractivity contribution in [2.75, 3.05) is 13.1 Å². The van der Waals surface area contributed by atoms with Gasteiger partial charge in [-0.05, 0) is 24.8 Å². The number of aryl methyl sites for hydroxylation is 1. The molecule has 10 heteroatoms. The Morgan fingerprint density at radius 1 is 1.33 bits per heavy atom. The van der Waals surface area contributed by atoms with E-state index in [-0.39, 0.29) is 17.5 Å². The summed E-state index contributed by atoms with van der Waals surface area (Å²) in [6.45, 7) is 3.88. The lowest BCUT2D eigenvalue weighted by Gasteiger charge is -2.39. The van der Waals surface area contributed by atoms with Crippen LogP contribution in [0.4, 0.5) is 13.2 Å². The number of alkyl halides is 3. The molecule has 1 fully saturated rings. The minimum absolute atomic E-state index is 0.0670. The number of aromatic nitrogens is 1. The van der Waals surface area contributed by atoms with Gasteiger partial charge in [-0.2, -0.15) is 13.2 Å². The van der Waals surface area contributed by atoms with Crippen LogP contribution in [0.2, 0.25) is 0 Å². The maximum Gasteiger partial charge on any atom is 0.490 e. The van der Waals surface area contributed by atoms with Crippen LogP contribution in [0, 0.1) is 5.92 Å². The highest BCUT2D eigenvalue weighted by Gasteiger charge is 2.38. The largest absolute Gasteiger partial charge is 0.490 e. The zero-order valence-electron chi connectivity index (χ0n) is 15.0. The maximum atomic E-state index is 12.4. The number of pyridine rings is 1. The number of carbonyl (C=O) groups is 2. The summed E-state index contributed by atoms with van der Waals surface area (Å²) >= 11 is 0. The van der Waals surface area contributed by atoms with Crippen molar-refractivity contribution in [3.05, 3.63) is 34.7 Å². The van der Waals surface area contributed by atoms with Gasteiger partial charge in [-0.25, -0.2) is 4.79 Å². The summed E-state index contributed by atoms with van der Waals surface area (Å²) in [5.74, 6) is -2.20. The number of piperidine rings is 1. The van der Waals surface area contributed by atoms with Crippen LogP contribution in [-0.2, 0) is 16.1 Å². The summed E-state index contributed by atoms with van der Waals surface area (Å²) in [4.78, 5) is 34.8. The highest BCUT2D eigenvalue weighted by Crippen LogP contribution is 2.23. The smallest absolute Gasteiger partial charge is 0.475 e. The normalized spacial score (nSPS) is 19.8. The molecule has 2 unspecified atom stereocenters. The van der Waals surface area contributed by atoms with Crippen molar-refractivity contribution in [3.8, 4) is 0 Å². The fraction of sp³-hybridized carbons (Fsp3) is 0.588. The van der Waals surface area contributed by atoms with Crippen LogP contribution in [0.1, 0.15) is 26.2 Å². The number of likely N-dealkylation sites (tertiary alicyclic amines) is 1. The van der Waals surface area contributed by atoms with Crippen molar-refractivity contribution in [3.63, 3.8) is 0 Å². The second-order valence-corrected chi connectivity index (χ2v) is 6.29. The zero-order chi connectivity index (χ0) is 20.6. The lowest BCUT2D eigenvalue weighted by Crippen LogP contribution is -2.51. The van der Waals surface area contributed by atoms with Gasteiger partial charge < -0.3 is 20.3 Å². The van der Waals surface area contributed by atoms with Gasteiger partial charge in [0, 0.05) is 44.4 Å². The lowest BCUT2D eigenvalue weighted by atomic mass is 9.90. The number of carboxylic acids is 1. The van der Waals surface area contributed by atoms with E-state index in [0.717, 1.165) is 19.4 Å². The van der Waals surface area contributed by atoms with Gasteiger partial charge in [0.2, 0.25) is 5.91 Å². The maximum absolute atomic E-state index is 12.4. The molecule has 152 valence electrons. The number of carboxylic acid groups (broad SMARTS) is 1. The van der Waals surface area contributed by atoms with E-state index in [0.29, 0.717) is 25.4 Å². The van der Waals surface area contributed by atoms with E-state index in [1.54, 1.807) is 22.9 Å². The predicted octanol–water partition coefficient (Wildman–Crippen LogP) is 1.46. The van der Waals surface area contributed by atoms with Crippen LogP contribution in [0.5, 0.6) is 0 Å². The average Bonchev–Trinajstić information content (AvgIpc) is 2.60. The molecular formula is C17H24F3N3O4. The van der Waals surface area contributed by atoms with E-state index in [9.17, 15) is 22.8 Å². The molecule has 0 aromatic carbocycles. The SMILES string of the molecule is CC1CCCN(C(=O)CCn2ccccc2=O)C1CN.O=C(O)C(F)(F)F. The minimum Gasteiger partial charge on any atom is -0.475 e. The molecule has 1 aliphatic rings. The first-order valence-electron chi connectivity index (χ1n) is 8.53. The molecule has 3 N–H and O–H groups in total. The van der Waals surface area contributed by atoms with Crippen LogP contribution < -0.4 is 11.3 Å². The van der Waals surface area contributed by atoms with E-state index in [1.807, 2.05) is 4.90 Å². The number of hydrogen-bond acceptors (Lipinski definition) is 4. The van der Waals surface area contributed by atoms with Crippen molar-refractivity contribution >= 4 is 11.9 Å². The molecule has 0 spiro atoms. The number of aliphatic carboxylic acids is 1. The number of halogens is 3. The quantitative estimate of drug-likeness (QED) is 0.808. The summed E-state index contributed by atoms with van der Waals surface area (Å²) in [6, 6.07) is 5.16. The Balaban J connectivity index is 0.000000445. The number of nitrogens with two attached hydrogens (primary N) is 1. The fourth-order valence-corrected chi connectivity index (χ4v) is 2.92. The molecule has 1 aliphatic heterocycles. The van der Waals surface area contributed by atoms with Crippen LogP contribution in [0.25, 0.3) is 0 Å². The monoisotopic (exact) mass is 391 g/mol. The van der Waals surface area contributed by atoms with Crippen LogP contribution in [0.15, 0.2) is 29.2 Å². The predicted molar refractivity (Wildman–Crippen MR) is 92.0 cm³/mol. The molecule has 1 saturated heterocycles. The van der Waals surface area contributed by atoms with Gasteiger partial charge in [-0.15, -0.1) is 0 Å². The van der Waals surface area contributed by atoms with Gasteiger partial charge in [0.05, 0.1) is 0 Å².